The van der Waals surface area contributed by atoms with Crippen molar-refractivity contribution >= 4 is 38.7 Å². The van der Waals surface area contributed by atoms with Crippen LogP contribution in [0.15, 0.2) is 46.6 Å². The molecule has 1 unspecified atom stereocenters. The van der Waals surface area contributed by atoms with Crippen molar-refractivity contribution in [2.75, 3.05) is 30.5 Å². The van der Waals surface area contributed by atoms with Gasteiger partial charge < -0.3 is 13.9 Å². The highest BCUT2D eigenvalue weighted by molar-refractivity contribution is 7.99. The van der Waals surface area contributed by atoms with E-state index in [1.54, 1.807) is 12.1 Å². The van der Waals surface area contributed by atoms with E-state index in [0.717, 1.165) is 18.2 Å². The van der Waals surface area contributed by atoms with Crippen LogP contribution in [0.2, 0.25) is 0 Å². The average Bonchev–Trinajstić information content (AvgIpc) is 3.07. The van der Waals surface area contributed by atoms with Gasteiger partial charge >= 0.3 is 5.97 Å². The van der Waals surface area contributed by atoms with Crippen LogP contribution in [0.25, 0.3) is 11.1 Å². The largest absolute Gasteiger partial charge is 0.458 e. The Hall–Kier alpha value is -1.84. The maximum Gasteiger partial charge on any atom is 0.316 e. The molecule has 0 saturated carbocycles. The van der Waals surface area contributed by atoms with Gasteiger partial charge in [-0.15, -0.1) is 6.58 Å². The minimum absolute atomic E-state index is 0.00330. The zero-order valence-electron chi connectivity index (χ0n) is 15.8. The number of unbranched alkanes of at least 4 members (excludes halogenated alkanes) is 1. The van der Waals surface area contributed by atoms with Crippen molar-refractivity contribution in [3.05, 3.63) is 36.9 Å². The Labute approximate surface area is 169 Å². The van der Waals surface area contributed by atoms with Gasteiger partial charge in [0.05, 0.1) is 24.7 Å². The molecule has 0 saturated heterocycles. The van der Waals surface area contributed by atoms with Gasteiger partial charge in [-0.25, -0.2) is 13.4 Å². The molecule has 28 heavy (non-hydrogen) atoms. The molecule has 0 radical (unpaired) electrons. The minimum atomic E-state index is -3.33. The van der Waals surface area contributed by atoms with Crippen LogP contribution in [0.1, 0.15) is 19.8 Å². The van der Waals surface area contributed by atoms with Gasteiger partial charge in [0.2, 0.25) is 0 Å². The van der Waals surface area contributed by atoms with Crippen LogP contribution in [0.5, 0.6) is 0 Å². The van der Waals surface area contributed by atoms with Gasteiger partial charge in [0.25, 0.3) is 5.22 Å². The highest BCUT2D eigenvalue weighted by Gasteiger charge is 2.23. The Morgan fingerprint density at radius 1 is 1.39 bits per heavy atom. The summed E-state index contributed by atoms with van der Waals surface area (Å²) in [4.78, 5) is 16.5. The molecule has 0 spiro atoms. The van der Waals surface area contributed by atoms with Crippen LogP contribution in [0.4, 0.5) is 0 Å². The number of oxazole rings is 1. The van der Waals surface area contributed by atoms with E-state index in [1.165, 1.54) is 0 Å². The van der Waals surface area contributed by atoms with E-state index in [9.17, 15) is 13.2 Å². The predicted molar refractivity (Wildman–Crippen MR) is 109 cm³/mol. The number of carbonyl (C=O) groups excluding carboxylic acids is 1. The van der Waals surface area contributed by atoms with Gasteiger partial charge in [-0.05, 0) is 18.6 Å². The van der Waals surface area contributed by atoms with Crippen molar-refractivity contribution < 1.29 is 27.1 Å². The Bertz CT molecular complexity index is 844. The molecule has 0 N–H and O–H groups in total. The second kappa shape index (κ2) is 11.2. The van der Waals surface area contributed by atoms with Gasteiger partial charge in [-0.1, -0.05) is 43.3 Å². The number of aromatic nitrogens is 1. The third-order valence-corrected chi connectivity index (χ3v) is 6.27. The zero-order valence-corrected chi connectivity index (χ0v) is 17.5. The minimum Gasteiger partial charge on any atom is -0.458 e. The highest BCUT2D eigenvalue weighted by atomic mass is 32.2. The van der Waals surface area contributed by atoms with Gasteiger partial charge in [0.15, 0.2) is 15.4 Å². The van der Waals surface area contributed by atoms with Crippen LogP contribution in [-0.4, -0.2) is 55.9 Å². The molecule has 9 heteroatoms. The quantitative estimate of drug-likeness (QED) is 0.208. The number of hydrogen-bond acceptors (Lipinski definition) is 8. The van der Waals surface area contributed by atoms with Crippen LogP contribution in [0.3, 0.4) is 0 Å². The monoisotopic (exact) mass is 427 g/mol. The third kappa shape index (κ3) is 7.65. The van der Waals surface area contributed by atoms with E-state index < -0.39 is 21.9 Å². The average molecular weight is 428 g/mol. The van der Waals surface area contributed by atoms with E-state index in [1.807, 2.05) is 25.1 Å². The molecule has 1 aromatic heterocycles. The van der Waals surface area contributed by atoms with E-state index in [0.29, 0.717) is 22.7 Å². The van der Waals surface area contributed by atoms with E-state index in [-0.39, 0.29) is 30.5 Å². The lowest BCUT2D eigenvalue weighted by Crippen LogP contribution is -2.33. The number of ether oxygens (including phenoxy) is 2. The lowest BCUT2D eigenvalue weighted by atomic mass is 10.3. The van der Waals surface area contributed by atoms with E-state index in [2.05, 4.69) is 11.6 Å². The summed E-state index contributed by atoms with van der Waals surface area (Å²) in [5, 5.41) is 0.355. The SMILES string of the molecule is C=CCOCC(CS(=O)(=O)CCCC)OC(=O)CSc1nc2ccccc2o1. The molecule has 0 aliphatic rings. The summed E-state index contributed by atoms with van der Waals surface area (Å²) in [7, 11) is -3.33. The number of carbonyl (C=O) groups is 1. The summed E-state index contributed by atoms with van der Waals surface area (Å²) in [6.07, 6.45) is 2.04. The van der Waals surface area contributed by atoms with Crippen molar-refractivity contribution in [2.45, 2.75) is 31.1 Å². The van der Waals surface area contributed by atoms with Gasteiger partial charge in [-0.2, -0.15) is 0 Å². The Morgan fingerprint density at radius 2 is 2.18 bits per heavy atom. The number of nitrogens with zero attached hydrogens (tertiary/aromatic N) is 1. The van der Waals surface area contributed by atoms with Gasteiger partial charge in [0.1, 0.15) is 17.4 Å². The first-order valence-electron chi connectivity index (χ1n) is 9.00. The molecule has 1 atom stereocenters. The predicted octanol–water partition coefficient (Wildman–Crippen LogP) is 3.25. The third-order valence-electron chi connectivity index (χ3n) is 3.67. The Kier molecular flexibility index (Phi) is 9.01. The van der Waals surface area contributed by atoms with E-state index in [4.69, 9.17) is 13.9 Å². The number of sulfone groups is 1. The summed E-state index contributed by atoms with van der Waals surface area (Å²) in [6.45, 7) is 5.71. The second-order valence-corrected chi connectivity index (χ2v) is 9.30. The van der Waals surface area contributed by atoms with Crippen molar-refractivity contribution in [1.82, 2.24) is 4.98 Å². The van der Waals surface area contributed by atoms with Gasteiger partial charge in [0, 0.05) is 0 Å². The smallest absolute Gasteiger partial charge is 0.316 e. The van der Waals surface area contributed by atoms with Crippen LogP contribution in [-0.2, 0) is 24.1 Å². The molecule has 154 valence electrons. The number of rotatable bonds is 13. The van der Waals surface area contributed by atoms with Crippen LogP contribution >= 0.6 is 11.8 Å². The lowest BCUT2D eigenvalue weighted by molar-refractivity contribution is -0.147. The molecule has 1 aromatic carbocycles. The number of thioether (sulfide) groups is 1. The summed E-state index contributed by atoms with van der Waals surface area (Å²) in [5.41, 5.74) is 1.34. The molecule has 0 fully saturated rings. The summed E-state index contributed by atoms with van der Waals surface area (Å²) >= 11 is 1.10. The van der Waals surface area contributed by atoms with Crippen molar-refractivity contribution in [3.8, 4) is 0 Å². The molecule has 1 heterocycles. The molecule has 2 rings (SSSR count). The van der Waals surface area contributed by atoms with Crippen molar-refractivity contribution in [3.63, 3.8) is 0 Å². The zero-order chi connectivity index (χ0) is 20.4. The molecular formula is C19H25NO6S2. The standard InChI is InChI=1S/C19H25NO6S2/c1-3-5-11-28(22,23)14-15(12-24-10-4-2)25-18(21)13-27-19-20-16-8-6-7-9-17(16)26-19/h4,6-9,15H,2-3,5,10-14H2,1H3. The molecular weight excluding hydrogens is 402 g/mol. The van der Waals surface area contributed by atoms with Crippen LogP contribution in [0, 0.1) is 0 Å². The first-order valence-corrected chi connectivity index (χ1v) is 11.8. The molecule has 0 bridgehead atoms. The number of fused-ring (bicyclic) bond motifs is 1. The molecule has 7 nitrogen and oxygen atoms in total. The normalized spacial score (nSPS) is 12.8. The number of esters is 1. The molecule has 2 aromatic rings. The maximum absolute atomic E-state index is 12.2. The Morgan fingerprint density at radius 3 is 2.89 bits per heavy atom. The topological polar surface area (TPSA) is 95.7 Å². The van der Waals surface area contributed by atoms with Crippen molar-refractivity contribution in [2.24, 2.45) is 0 Å². The molecule has 0 aliphatic carbocycles. The fraction of sp³-hybridized carbons (Fsp3) is 0.474. The number of benzene rings is 1. The Balaban J connectivity index is 1.91. The second-order valence-electron chi connectivity index (χ2n) is 6.14. The summed E-state index contributed by atoms with van der Waals surface area (Å²) in [5.74, 6) is -0.787. The maximum atomic E-state index is 12.2. The summed E-state index contributed by atoms with van der Waals surface area (Å²) in [6, 6.07) is 7.29. The van der Waals surface area contributed by atoms with E-state index >= 15 is 0 Å². The molecule has 0 aliphatic heterocycles. The number of para-hydroxylation sites is 2. The van der Waals surface area contributed by atoms with Gasteiger partial charge in [-0.3, -0.25) is 4.79 Å². The fourth-order valence-corrected chi connectivity index (χ4v) is 4.63. The van der Waals surface area contributed by atoms with Crippen LogP contribution < -0.4 is 0 Å². The summed E-state index contributed by atoms with van der Waals surface area (Å²) < 4.78 is 40.6. The van der Waals surface area contributed by atoms with Crippen molar-refractivity contribution in [1.29, 1.82) is 0 Å². The lowest BCUT2D eigenvalue weighted by Gasteiger charge is -2.17. The highest BCUT2D eigenvalue weighted by Crippen LogP contribution is 2.23. The fourth-order valence-electron chi connectivity index (χ4n) is 2.38. The number of hydrogen-bond donors (Lipinski definition) is 0. The first-order chi connectivity index (χ1) is 13.4. The molecule has 0 amide bonds. The first kappa shape index (κ1) is 22.4.